The summed E-state index contributed by atoms with van der Waals surface area (Å²) in [7, 11) is 3.46. The zero-order valence-corrected chi connectivity index (χ0v) is 14.8. The molecule has 0 radical (unpaired) electrons. The normalized spacial score (nSPS) is 15.8. The van der Waals surface area contributed by atoms with E-state index in [0.29, 0.717) is 11.4 Å². The van der Waals surface area contributed by atoms with E-state index < -0.39 is 0 Å². The van der Waals surface area contributed by atoms with Gasteiger partial charge in [-0.05, 0) is 36.6 Å². The van der Waals surface area contributed by atoms with Crippen molar-refractivity contribution in [3.8, 4) is 5.88 Å². The monoisotopic (exact) mass is 340 g/mol. The molecule has 3 heterocycles. The van der Waals surface area contributed by atoms with Crippen molar-refractivity contribution >= 4 is 5.91 Å². The summed E-state index contributed by atoms with van der Waals surface area (Å²) in [5, 5.41) is 0. The number of pyridine rings is 2. The minimum atomic E-state index is -0.0523. The van der Waals surface area contributed by atoms with Gasteiger partial charge in [0.2, 0.25) is 5.88 Å². The summed E-state index contributed by atoms with van der Waals surface area (Å²) in [5.41, 5.74) is 1.86. The number of carbonyl (C=O) groups excluding carboxylic acids is 1. The van der Waals surface area contributed by atoms with E-state index in [1.54, 1.807) is 32.4 Å². The lowest BCUT2D eigenvalue weighted by Crippen LogP contribution is -2.37. The van der Waals surface area contributed by atoms with Crippen molar-refractivity contribution in [3.63, 3.8) is 0 Å². The molecular formula is C19H24N4O2. The van der Waals surface area contributed by atoms with E-state index in [4.69, 9.17) is 4.74 Å². The number of likely N-dealkylation sites (tertiary alicyclic amines) is 1. The summed E-state index contributed by atoms with van der Waals surface area (Å²) in [5.74, 6) is 0.534. The number of ether oxygens (including phenoxy) is 1. The highest BCUT2D eigenvalue weighted by atomic mass is 16.5. The zero-order chi connectivity index (χ0) is 17.6. The van der Waals surface area contributed by atoms with Crippen molar-refractivity contribution < 1.29 is 9.53 Å². The van der Waals surface area contributed by atoms with Crippen LogP contribution in [0.25, 0.3) is 0 Å². The van der Waals surface area contributed by atoms with Crippen LogP contribution >= 0.6 is 0 Å². The quantitative estimate of drug-likeness (QED) is 0.835. The maximum absolute atomic E-state index is 11.9. The molecule has 3 rings (SSSR count). The minimum Gasteiger partial charge on any atom is -0.474 e. The first kappa shape index (κ1) is 17.4. The number of piperidine rings is 1. The van der Waals surface area contributed by atoms with Gasteiger partial charge < -0.3 is 9.64 Å². The first-order valence-electron chi connectivity index (χ1n) is 8.57. The highest BCUT2D eigenvalue weighted by Gasteiger charge is 2.21. The van der Waals surface area contributed by atoms with Gasteiger partial charge in [0, 0.05) is 58.4 Å². The van der Waals surface area contributed by atoms with Gasteiger partial charge in [-0.15, -0.1) is 0 Å². The zero-order valence-electron chi connectivity index (χ0n) is 14.8. The molecular weight excluding hydrogens is 316 g/mol. The van der Waals surface area contributed by atoms with Crippen LogP contribution in [0, 0.1) is 0 Å². The third-order valence-corrected chi connectivity index (χ3v) is 4.37. The number of amides is 1. The maximum atomic E-state index is 11.9. The highest BCUT2D eigenvalue weighted by molar-refractivity contribution is 5.93. The van der Waals surface area contributed by atoms with Crippen molar-refractivity contribution in [3.05, 3.63) is 54.0 Å². The molecule has 1 aliphatic rings. The second kappa shape index (κ2) is 8.07. The van der Waals surface area contributed by atoms with Crippen LogP contribution in [0.4, 0.5) is 0 Å². The smallest absolute Gasteiger partial charge is 0.254 e. The lowest BCUT2D eigenvalue weighted by atomic mass is 10.1. The van der Waals surface area contributed by atoms with Gasteiger partial charge in [-0.1, -0.05) is 0 Å². The van der Waals surface area contributed by atoms with Crippen LogP contribution in [0.1, 0.15) is 28.8 Å². The standard InChI is InChI=1S/C19H24N4O2/c1-22(2)19(24)16-3-4-18(21-13-16)25-17-7-11-23(12-8-17)14-15-5-9-20-10-6-15/h3-6,9-10,13,17H,7-8,11-12,14H2,1-2H3. The van der Waals surface area contributed by atoms with Gasteiger partial charge in [-0.25, -0.2) is 4.98 Å². The van der Waals surface area contributed by atoms with Gasteiger partial charge in [0.15, 0.2) is 0 Å². The second-order valence-electron chi connectivity index (χ2n) is 6.53. The van der Waals surface area contributed by atoms with E-state index in [0.717, 1.165) is 32.5 Å². The molecule has 1 fully saturated rings. The van der Waals surface area contributed by atoms with Gasteiger partial charge in [0.25, 0.3) is 5.91 Å². The van der Waals surface area contributed by atoms with Gasteiger partial charge in [0.05, 0.1) is 5.56 Å². The van der Waals surface area contributed by atoms with Crippen molar-refractivity contribution in [1.29, 1.82) is 0 Å². The van der Waals surface area contributed by atoms with Crippen LogP contribution in [-0.4, -0.2) is 59.0 Å². The third kappa shape index (κ3) is 4.76. The first-order chi connectivity index (χ1) is 12.1. The Hall–Kier alpha value is -2.47. The Morgan fingerprint density at radius 2 is 1.92 bits per heavy atom. The highest BCUT2D eigenvalue weighted by Crippen LogP contribution is 2.19. The number of aromatic nitrogens is 2. The molecule has 0 unspecified atom stereocenters. The van der Waals surface area contributed by atoms with Crippen LogP contribution in [-0.2, 0) is 6.54 Å². The largest absolute Gasteiger partial charge is 0.474 e. The number of carbonyl (C=O) groups is 1. The number of rotatable bonds is 5. The second-order valence-corrected chi connectivity index (χ2v) is 6.53. The predicted octanol–water partition coefficient (Wildman–Crippen LogP) is 2.22. The van der Waals surface area contributed by atoms with E-state index >= 15 is 0 Å². The topological polar surface area (TPSA) is 58.6 Å². The van der Waals surface area contributed by atoms with E-state index in [1.165, 1.54) is 10.5 Å². The summed E-state index contributed by atoms with van der Waals surface area (Å²) in [4.78, 5) is 24.2. The summed E-state index contributed by atoms with van der Waals surface area (Å²) in [6.45, 7) is 2.96. The fraction of sp³-hybridized carbons (Fsp3) is 0.421. The average molecular weight is 340 g/mol. The maximum Gasteiger partial charge on any atom is 0.254 e. The molecule has 25 heavy (non-hydrogen) atoms. The molecule has 0 aromatic carbocycles. The van der Waals surface area contributed by atoms with E-state index in [1.807, 2.05) is 12.4 Å². The summed E-state index contributed by atoms with van der Waals surface area (Å²) < 4.78 is 5.98. The fourth-order valence-corrected chi connectivity index (χ4v) is 2.94. The molecule has 0 atom stereocenters. The number of hydrogen-bond donors (Lipinski definition) is 0. The van der Waals surface area contributed by atoms with Gasteiger partial charge in [-0.3, -0.25) is 14.7 Å². The van der Waals surface area contributed by atoms with Crippen LogP contribution in [0.15, 0.2) is 42.9 Å². The van der Waals surface area contributed by atoms with Crippen molar-refractivity contribution in [2.75, 3.05) is 27.2 Å². The van der Waals surface area contributed by atoms with E-state index in [2.05, 4.69) is 27.0 Å². The molecule has 6 nitrogen and oxygen atoms in total. The minimum absolute atomic E-state index is 0.0523. The Kier molecular flexibility index (Phi) is 5.60. The van der Waals surface area contributed by atoms with E-state index in [9.17, 15) is 4.79 Å². The molecule has 1 aliphatic heterocycles. The lowest BCUT2D eigenvalue weighted by Gasteiger charge is -2.31. The Morgan fingerprint density at radius 3 is 2.52 bits per heavy atom. The first-order valence-corrected chi connectivity index (χ1v) is 8.57. The molecule has 0 saturated carbocycles. The predicted molar refractivity (Wildman–Crippen MR) is 95.4 cm³/mol. The van der Waals surface area contributed by atoms with E-state index in [-0.39, 0.29) is 12.0 Å². The molecule has 132 valence electrons. The Bertz CT molecular complexity index is 680. The molecule has 2 aromatic heterocycles. The van der Waals surface area contributed by atoms with Crippen molar-refractivity contribution in [2.45, 2.75) is 25.5 Å². The van der Waals surface area contributed by atoms with Gasteiger partial charge in [-0.2, -0.15) is 0 Å². The molecule has 0 aliphatic carbocycles. The summed E-state index contributed by atoms with van der Waals surface area (Å²) in [6.07, 6.45) is 7.38. The van der Waals surface area contributed by atoms with Crippen LogP contribution in [0.5, 0.6) is 5.88 Å². The van der Waals surface area contributed by atoms with Crippen LogP contribution in [0.3, 0.4) is 0 Å². The van der Waals surface area contributed by atoms with Gasteiger partial charge >= 0.3 is 0 Å². The number of nitrogens with zero attached hydrogens (tertiary/aromatic N) is 4. The fourth-order valence-electron chi connectivity index (χ4n) is 2.94. The van der Waals surface area contributed by atoms with Crippen LogP contribution in [0.2, 0.25) is 0 Å². The molecule has 2 aromatic rings. The average Bonchev–Trinajstić information content (AvgIpc) is 2.64. The molecule has 0 bridgehead atoms. The third-order valence-electron chi connectivity index (χ3n) is 4.37. The molecule has 6 heteroatoms. The number of hydrogen-bond acceptors (Lipinski definition) is 5. The Balaban J connectivity index is 1.48. The SMILES string of the molecule is CN(C)C(=O)c1ccc(OC2CCN(Cc3ccncc3)CC2)nc1. The van der Waals surface area contributed by atoms with Crippen LogP contribution < -0.4 is 4.74 Å². The summed E-state index contributed by atoms with van der Waals surface area (Å²) in [6, 6.07) is 7.66. The van der Waals surface area contributed by atoms with Gasteiger partial charge in [0.1, 0.15) is 6.10 Å². The Morgan fingerprint density at radius 1 is 1.20 bits per heavy atom. The van der Waals surface area contributed by atoms with Crippen molar-refractivity contribution in [2.24, 2.45) is 0 Å². The summed E-state index contributed by atoms with van der Waals surface area (Å²) >= 11 is 0. The lowest BCUT2D eigenvalue weighted by molar-refractivity contribution is 0.0826. The molecule has 1 saturated heterocycles. The molecule has 0 N–H and O–H groups in total. The molecule has 0 spiro atoms. The van der Waals surface area contributed by atoms with Crippen molar-refractivity contribution in [1.82, 2.24) is 19.8 Å². The molecule has 1 amide bonds. The Labute approximate surface area is 148 Å².